The number of nitrogens with zero attached hydrogens (tertiary/aromatic N) is 3. The normalized spacial score (nSPS) is 16.0. The van der Waals surface area contributed by atoms with E-state index >= 15 is 0 Å². The zero-order chi connectivity index (χ0) is 10.7. The number of aromatic nitrogens is 2. The minimum Gasteiger partial charge on any atom is -0.393 e. The highest BCUT2D eigenvalue weighted by molar-refractivity contribution is 5.85. The van der Waals surface area contributed by atoms with Gasteiger partial charge in [-0.15, -0.1) is 12.4 Å². The molecule has 6 heteroatoms. The van der Waals surface area contributed by atoms with Crippen molar-refractivity contribution >= 4 is 18.1 Å². The Morgan fingerprint density at radius 3 is 2.69 bits per heavy atom. The van der Waals surface area contributed by atoms with Crippen molar-refractivity contribution in [1.29, 1.82) is 0 Å². The Hall–Kier alpha value is -1.07. The van der Waals surface area contributed by atoms with Gasteiger partial charge in [-0.3, -0.25) is 9.36 Å². The van der Waals surface area contributed by atoms with Crippen LogP contribution in [0.4, 0.5) is 5.69 Å². The molecule has 0 atom stereocenters. The summed E-state index contributed by atoms with van der Waals surface area (Å²) >= 11 is 0. The van der Waals surface area contributed by atoms with Crippen LogP contribution in [0.25, 0.3) is 0 Å². The third-order valence-electron chi connectivity index (χ3n) is 2.78. The summed E-state index contributed by atoms with van der Waals surface area (Å²) in [5, 5.41) is 0. The molecule has 0 aromatic carbocycles. The molecule has 1 saturated heterocycles. The summed E-state index contributed by atoms with van der Waals surface area (Å²) < 4.78 is 1.58. The third kappa shape index (κ3) is 2.96. The fourth-order valence-corrected chi connectivity index (χ4v) is 1.88. The second-order valence-electron chi connectivity index (χ2n) is 3.90. The zero-order valence-electron chi connectivity index (χ0n) is 9.13. The van der Waals surface area contributed by atoms with Crippen LogP contribution in [-0.2, 0) is 6.54 Å². The average molecular weight is 245 g/mol. The van der Waals surface area contributed by atoms with Gasteiger partial charge in [0, 0.05) is 13.1 Å². The number of likely N-dealkylation sites (tertiary alicyclic amines) is 1. The molecular formula is C10H17ClN4O. The minimum absolute atomic E-state index is 0. The van der Waals surface area contributed by atoms with E-state index in [1.54, 1.807) is 10.9 Å². The van der Waals surface area contributed by atoms with Crippen LogP contribution in [0.5, 0.6) is 0 Å². The Kier molecular flexibility index (Phi) is 4.76. The molecule has 1 aromatic heterocycles. The molecule has 2 rings (SSSR count). The van der Waals surface area contributed by atoms with Crippen LogP contribution in [0, 0.1) is 0 Å². The van der Waals surface area contributed by atoms with Gasteiger partial charge in [0.15, 0.2) is 0 Å². The van der Waals surface area contributed by atoms with Crippen LogP contribution in [-0.4, -0.2) is 34.1 Å². The number of hydrogen-bond acceptors (Lipinski definition) is 4. The molecule has 2 N–H and O–H groups in total. The molecule has 0 amide bonds. The number of hydrogen-bond donors (Lipinski definition) is 1. The number of nitrogen functional groups attached to an aromatic ring is 1. The average Bonchev–Trinajstić information content (AvgIpc) is 2.73. The fraction of sp³-hybridized carbons (Fsp3) is 0.600. The molecule has 1 fully saturated rings. The number of anilines is 1. The maximum Gasteiger partial charge on any atom is 0.276 e. The molecular weight excluding hydrogens is 228 g/mol. The maximum atomic E-state index is 11.6. The predicted octanol–water partition coefficient (Wildman–Crippen LogP) is 0.343. The van der Waals surface area contributed by atoms with Crippen LogP contribution >= 0.6 is 12.4 Å². The number of nitrogens with two attached hydrogens (primary N) is 1. The van der Waals surface area contributed by atoms with Crippen LogP contribution in [0.1, 0.15) is 12.8 Å². The molecule has 0 radical (unpaired) electrons. The molecule has 0 unspecified atom stereocenters. The summed E-state index contributed by atoms with van der Waals surface area (Å²) in [6.45, 7) is 3.87. The number of halogens is 1. The standard InChI is InChI=1S/C10H16N4O.ClH/c11-9-7-12-8-14(10(9)15)6-5-13-3-1-2-4-13;/h7-8H,1-6,11H2;1H. The number of rotatable bonds is 3. The van der Waals surface area contributed by atoms with E-state index in [4.69, 9.17) is 5.73 Å². The predicted molar refractivity (Wildman–Crippen MR) is 65.8 cm³/mol. The summed E-state index contributed by atoms with van der Waals surface area (Å²) in [5.41, 5.74) is 5.58. The highest BCUT2D eigenvalue weighted by atomic mass is 35.5. The van der Waals surface area contributed by atoms with E-state index in [0.29, 0.717) is 6.54 Å². The molecule has 0 spiro atoms. The van der Waals surface area contributed by atoms with Crippen LogP contribution in [0.15, 0.2) is 17.3 Å². The van der Waals surface area contributed by atoms with Crippen molar-refractivity contribution in [2.45, 2.75) is 19.4 Å². The van der Waals surface area contributed by atoms with Crippen molar-refractivity contribution in [3.63, 3.8) is 0 Å². The van der Waals surface area contributed by atoms with Gasteiger partial charge in [-0.05, 0) is 25.9 Å². The lowest BCUT2D eigenvalue weighted by Gasteiger charge is -2.14. The first-order valence-electron chi connectivity index (χ1n) is 5.29. The largest absolute Gasteiger partial charge is 0.393 e. The first-order chi connectivity index (χ1) is 7.27. The molecule has 0 aliphatic carbocycles. The zero-order valence-corrected chi connectivity index (χ0v) is 9.95. The molecule has 90 valence electrons. The van der Waals surface area contributed by atoms with Gasteiger partial charge in [-0.25, -0.2) is 4.98 Å². The van der Waals surface area contributed by atoms with Crippen molar-refractivity contribution in [1.82, 2.24) is 14.5 Å². The second kappa shape index (κ2) is 5.86. The van der Waals surface area contributed by atoms with Gasteiger partial charge >= 0.3 is 0 Å². The maximum absolute atomic E-state index is 11.6. The first kappa shape index (κ1) is 13.0. The van der Waals surface area contributed by atoms with Gasteiger partial charge in [-0.2, -0.15) is 0 Å². The van der Waals surface area contributed by atoms with E-state index in [2.05, 4.69) is 9.88 Å². The van der Waals surface area contributed by atoms with Crippen molar-refractivity contribution in [2.24, 2.45) is 0 Å². The molecule has 0 bridgehead atoms. The van der Waals surface area contributed by atoms with Gasteiger partial charge in [0.25, 0.3) is 5.56 Å². The second-order valence-corrected chi connectivity index (χ2v) is 3.90. The first-order valence-corrected chi connectivity index (χ1v) is 5.29. The van der Waals surface area contributed by atoms with Gasteiger partial charge in [0.1, 0.15) is 5.69 Å². The molecule has 1 aliphatic heterocycles. The van der Waals surface area contributed by atoms with Crippen molar-refractivity contribution in [3.05, 3.63) is 22.9 Å². The van der Waals surface area contributed by atoms with E-state index in [-0.39, 0.29) is 23.7 Å². The lowest BCUT2D eigenvalue weighted by atomic mass is 10.4. The van der Waals surface area contributed by atoms with E-state index in [1.165, 1.54) is 19.0 Å². The Balaban J connectivity index is 0.00000128. The van der Waals surface area contributed by atoms with Crippen molar-refractivity contribution in [3.8, 4) is 0 Å². The molecule has 5 nitrogen and oxygen atoms in total. The van der Waals surface area contributed by atoms with E-state index in [9.17, 15) is 4.79 Å². The monoisotopic (exact) mass is 244 g/mol. The lowest BCUT2D eigenvalue weighted by Crippen LogP contribution is -2.30. The smallest absolute Gasteiger partial charge is 0.276 e. The molecule has 1 aromatic rings. The summed E-state index contributed by atoms with van der Waals surface area (Å²) in [7, 11) is 0. The molecule has 16 heavy (non-hydrogen) atoms. The van der Waals surface area contributed by atoms with Crippen molar-refractivity contribution in [2.75, 3.05) is 25.4 Å². The summed E-state index contributed by atoms with van der Waals surface area (Å²) in [5.74, 6) is 0. The quantitative estimate of drug-likeness (QED) is 0.833. The third-order valence-corrected chi connectivity index (χ3v) is 2.78. The highest BCUT2D eigenvalue weighted by Gasteiger charge is 2.11. The molecule has 0 saturated carbocycles. The van der Waals surface area contributed by atoms with Crippen LogP contribution in [0.2, 0.25) is 0 Å². The summed E-state index contributed by atoms with van der Waals surface area (Å²) in [4.78, 5) is 17.8. The Morgan fingerprint density at radius 1 is 1.31 bits per heavy atom. The van der Waals surface area contributed by atoms with E-state index in [0.717, 1.165) is 19.6 Å². The molecule has 1 aliphatic rings. The van der Waals surface area contributed by atoms with E-state index in [1.807, 2.05) is 0 Å². The lowest BCUT2D eigenvalue weighted by molar-refractivity contribution is 0.320. The topological polar surface area (TPSA) is 64.2 Å². The minimum atomic E-state index is -0.135. The summed E-state index contributed by atoms with van der Waals surface area (Å²) in [6.07, 6.45) is 5.48. The van der Waals surface area contributed by atoms with E-state index < -0.39 is 0 Å². The Labute approximate surface area is 101 Å². The Bertz CT molecular complexity index is 387. The van der Waals surface area contributed by atoms with Gasteiger partial charge < -0.3 is 10.6 Å². The van der Waals surface area contributed by atoms with Gasteiger partial charge in [-0.1, -0.05) is 0 Å². The highest BCUT2D eigenvalue weighted by Crippen LogP contribution is 2.06. The summed E-state index contributed by atoms with van der Waals surface area (Å²) in [6, 6.07) is 0. The van der Waals surface area contributed by atoms with Crippen LogP contribution in [0.3, 0.4) is 0 Å². The fourth-order valence-electron chi connectivity index (χ4n) is 1.88. The molecule has 2 heterocycles. The van der Waals surface area contributed by atoms with Gasteiger partial charge in [0.2, 0.25) is 0 Å². The van der Waals surface area contributed by atoms with Crippen molar-refractivity contribution < 1.29 is 0 Å². The Morgan fingerprint density at radius 2 is 2.00 bits per heavy atom. The van der Waals surface area contributed by atoms with Gasteiger partial charge in [0.05, 0.1) is 12.5 Å². The SMILES string of the molecule is Cl.Nc1cncn(CCN2CCCC2)c1=O. The van der Waals surface area contributed by atoms with Crippen LogP contribution < -0.4 is 11.3 Å².